The number of nitrogens with zero attached hydrogens (tertiary/aromatic N) is 2. The van der Waals surface area contributed by atoms with Crippen LogP contribution in [0.15, 0.2) is 42.6 Å². The number of carbonyl (C=O) groups excluding carboxylic acids is 2. The molecule has 3 aromatic rings. The molecule has 0 bridgehead atoms. The molecule has 1 aromatic carbocycles. The van der Waals surface area contributed by atoms with Crippen molar-refractivity contribution in [2.24, 2.45) is 0 Å². The summed E-state index contributed by atoms with van der Waals surface area (Å²) in [6.45, 7) is 3.89. The predicted octanol–water partition coefficient (Wildman–Crippen LogP) is 2.92. The van der Waals surface area contributed by atoms with Crippen LogP contribution in [0.3, 0.4) is 0 Å². The van der Waals surface area contributed by atoms with Gasteiger partial charge in [0.25, 0.3) is 0 Å². The first kappa shape index (κ1) is 16.7. The highest BCUT2D eigenvalue weighted by Crippen LogP contribution is 2.17. The summed E-state index contributed by atoms with van der Waals surface area (Å²) in [5.74, 6) is -0.613. The van der Waals surface area contributed by atoms with Gasteiger partial charge in [0, 0.05) is 11.9 Å². The molecular weight excluding hydrogens is 318 g/mol. The third-order valence-corrected chi connectivity index (χ3v) is 4.04. The minimum absolute atomic E-state index is 0.173. The number of imidazole rings is 1. The van der Waals surface area contributed by atoms with E-state index in [0.29, 0.717) is 11.3 Å². The van der Waals surface area contributed by atoms with E-state index in [1.165, 1.54) is 7.11 Å². The molecule has 0 aliphatic carbocycles. The van der Waals surface area contributed by atoms with E-state index in [0.717, 1.165) is 22.6 Å². The Morgan fingerprint density at radius 1 is 1.20 bits per heavy atom. The first-order valence-electron chi connectivity index (χ1n) is 7.91. The number of fused-ring (bicyclic) bond motifs is 1. The van der Waals surface area contributed by atoms with E-state index < -0.39 is 5.97 Å². The van der Waals surface area contributed by atoms with Crippen LogP contribution in [-0.2, 0) is 16.0 Å². The summed E-state index contributed by atoms with van der Waals surface area (Å²) < 4.78 is 6.63. The highest BCUT2D eigenvalue weighted by Gasteiger charge is 2.14. The summed E-state index contributed by atoms with van der Waals surface area (Å²) in [5, 5.41) is 2.82. The highest BCUT2D eigenvalue weighted by molar-refractivity contribution is 5.95. The molecule has 6 heteroatoms. The normalized spacial score (nSPS) is 10.7. The van der Waals surface area contributed by atoms with Gasteiger partial charge in [0.05, 0.1) is 30.5 Å². The van der Waals surface area contributed by atoms with E-state index in [1.807, 2.05) is 36.6 Å². The number of nitrogens with one attached hydrogen (secondary N) is 1. The van der Waals surface area contributed by atoms with Crippen molar-refractivity contribution in [1.82, 2.24) is 9.38 Å². The Labute approximate surface area is 145 Å². The lowest BCUT2D eigenvalue weighted by molar-refractivity contribution is -0.115. The number of aryl methyl sites for hydroxylation is 2. The van der Waals surface area contributed by atoms with Gasteiger partial charge in [0.15, 0.2) is 0 Å². The van der Waals surface area contributed by atoms with E-state index in [2.05, 4.69) is 10.3 Å². The van der Waals surface area contributed by atoms with Crippen LogP contribution in [0.5, 0.6) is 0 Å². The van der Waals surface area contributed by atoms with Crippen LogP contribution in [0, 0.1) is 13.8 Å². The number of anilines is 1. The standard InChI is InChI=1S/C19H19N3O3/c1-12-6-5-9-22-16(13(2)20-18(12)22)11-17(23)21-15-8-4-7-14(10-15)19(24)25-3/h4-10H,11H2,1-3H3,(H,21,23). The van der Waals surface area contributed by atoms with Crippen molar-refractivity contribution >= 4 is 23.2 Å². The average Bonchev–Trinajstić information content (AvgIpc) is 2.92. The summed E-state index contributed by atoms with van der Waals surface area (Å²) >= 11 is 0. The van der Waals surface area contributed by atoms with Crippen LogP contribution in [0.2, 0.25) is 0 Å². The summed E-state index contributed by atoms with van der Waals surface area (Å²) in [4.78, 5) is 28.6. The molecule has 0 saturated carbocycles. The Kier molecular flexibility index (Phi) is 4.52. The smallest absolute Gasteiger partial charge is 0.337 e. The average molecular weight is 337 g/mol. The maximum Gasteiger partial charge on any atom is 0.337 e. The third kappa shape index (κ3) is 3.38. The second-order valence-electron chi connectivity index (χ2n) is 5.83. The van der Waals surface area contributed by atoms with Crippen molar-refractivity contribution in [2.75, 3.05) is 12.4 Å². The number of carbonyl (C=O) groups is 2. The maximum atomic E-state index is 12.4. The fraction of sp³-hybridized carbons (Fsp3) is 0.211. The molecule has 3 rings (SSSR count). The molecule has 0 spiro atoms. The van der Waals surface area contributed by atoms with Gasteiger partial charge in [-0.05, 0) is 43.7 Å². The Bertz CT molecular complexity index is 960. The van der Waals surface area contributed by atoms with Crippen molar-refractivity contribution in [2.45, 2.75) is 20.3 Å². The van der Waals surface area contributed by atoms with Gasteiger partial charge < -0.3 is 14.5 Å². The number of ether oxygens (including phenoxy) is 1. The molecule has 6 nitrogen and oxygen atoms in total. The number of benzene rings is 1. The largest absolute Gasteiger partial charge is 0.465 e. The lowest BCUT2D eigenvalue weighted by atomic mass is 10.2. The minimum Gasteiger partial charge on any atom is -0.465 e. The van der Waals surface area contributed by atoms with Gasteiger partial charge in [-0.1, -0.05) is 12.1 Å². The van der Waals surface area contributed by atoms with Crippen LogP contribution < -0.4 is 5.32 Å². The van der Waals surface area contributed by atoms with Crippen LogP contribution in [0.25, 0.3) is 5.65 Å². The van der Waals surface area contributed by atoms with Gasteiger partial charge in [0.2, 0.25) is 5.91 Å². The molecule has 0 unspecified atom stereocenters. The SMILES string of the molecule is COC(=O)c1cccc(NC(=O)Cc2c(C)nc3c(C)cccn23)c1. The Morgan fingerprint density at radius 3 is 2.76 bits per heavy atom. The molecule has 2 aromatic heterocycles. The van der Waals surface area contributed by atoms with Gasteiger partial charge in [-0.2, -0.15) is 0 Å². The number of esters is 1. The molecule has 0 saturated heterocycles. The Balaban J connectivity index is 1.81. The number of pyridine rings is 1. The zero-order valence-electron chi connectivity index (χ0n) is 14.4. The van der Waals surface area contributed by atoms with E-state index in [9.17, 15) is 9.59 Å². The summed E-state index contributed by atoms with van der Waals surface area (Å²) in [6, 6.07) is 10.6. The second kappa shape index (κ2) is 6.76. The molecule has 0 atom stereocenters. The molecule has 0 radical (unpaired) electrons. The van der Waals surface area contributed by atoms with Crippen molar-refractivity contribution in [3.63, 3.8) is 0 Å². The van der Waals surface area contributed by atoms with Gasteiger partial charge in [-0.25, -0.2) is 9.78 Å². The Hall–Kier alpha value is -3.15. The first-order valence-corrected chi connectivity index (χ1v) is 7.91. The lowest BCUT2D eigenvalue weighted by Crippen LogP contribution is -2.16. The van der Waals surface area contributed by atoms with Crippen LogP contribution in [-0.4, -0.2) is 28.4 Å². The van der Waals surface area contributed by atoms with E-state index in [1.54, 1.807) is 24.3 Å². The fourth-order valence-corrected chi connectivity index (χ4v) is 2.78. The van der Waals surface area contributed by atoms with Gasteiger partial charge in [-0.15, -0.1) is 0 Å². The molecule has 0 fully saturated rings. The topological polar surface area (TPSA) is 72.7 Å². The van der Waals surface area contributed by atoms with E-state index >= 15 is 0 Å². The van der Waals surface area contributed by atoms with E-state index in [4.69, 9.17) is 4.74 Å². The zero-order chi connectivity index (χ0) is 18.0. The van der Waals surface area contributed by atoms with Gasteiger partial charge in [-0.3, -0.25) is 4.79 Å². The summed E-state index contributed by atoms with van der Waals surface area (Å²) in [7, 11) is 1.32. The number of hydrogen-bond donors (Lipinski definition) is 1. The van der Waals surface area contributed by atoms with Crippen LogP contribution in [0.4, 0.5) is 5.69 Å². The fourth-order valence-electron chi connectivity index (χ4n) is 2.78. The molecule has 25 heavy (non-hydrogen) atoms. The molecule has 128 valence electrons. The molecule has 2 heterocycles. The number of hydrogen-bond acceptors (Lipinski definition) is 4. The predicted molar refractivity (Wildman–Crippen MR) is 94.8 cm³/mol. The number of amides is 1. The number of aromatic nitrogens is 2. The van der Waals surface area contributed by atoms with Crippen molar-refractivity contribution < 1.29 is 14.3 Å². The molecule has 1 amide bonds. The van der Waals surface area contributed by atoms with Crippen molar-refractivity contribution in [3.05, 3.63) is 65.1 Å². The van der Waals surface area contributed by atoms with Gasteiger partial charge in [0.1, 0.15) is 5.65 Å². The van der Waals surface area contributed by atoms with Crippen molar-refractivity contribution in [1.29, 1.82) is 0 Å². The van der Waals surface area contributed by atoms with Crippen LogP contribution >= 0.6 is 0 Å². The second-order valence-corrected chi connectivity index (χ2v) is 5.83. The minimum atomic E-state index is -0.441. The number of rotatable bonds is 4. The summed E-state index contributed by atoms with van der Waals surface area (Å²) in [5.41, 5.74) is 4.53. The van der Waals surface area contributed by atoms with Gasteiger partial charge >= 0.3 is 5.97 Å². The molecule has 0 aliphatic heterocycles. The molecule has 1 N–H and O–H groups in total. The Morgan fingerprint density at radius 2 is 2.00 bits per heavy atom. The van der Waals surface area contributed by atoms with E-state index in [-0.39, 0.29) is 12.3 Å². The van der Waals surface area contributed by atoms with Crippen molar-refractivity contribution in [3.8, 4) is 0 Å². The number of methoxy groups -OCH3 is 1. The molecular formula is C19H19N3O3. The third-order valence-electron chi connectivity index (χ3n) is 4.04. The monoisotopic (exact) mass is 337 g/mol. The molecule has 0 aliphatic rings. The highest BCUT2D eigenvalue weighted by atomic mass is 16.5. The first-order chi connectivity index (χ1) is 12.0. The quantitative estimate of drug-likeness (QED) is 0.743. The van der Waals surface area contributed by atoms with Crippen LogP contribution in [0.1, 0.15) is 27.3 Å². The zero-order valence-corrected chi connectivity index (χ0v) is 14.4. The summed E-state index contributed by atoms with van der Waals surface area (Å²) in [6.07, 6.45) is 2.10. The maximum absolute atomic E-state index is 12.4. The lowest BCUT2D eigenvalue weighted by Gasteiger charge is -2.08.